The van der Waals surface area contributed by atoms with Gasteiger partial charge in [-0.25, -0.2) is 9.67 Å². The van der Waals surface area contributed by atoms with Crippen molar-refractivity contribution in [1.29, 1.82) is 0 Å². The highest BCUT2D eigenvalue weighted by Crippen LogP contribution is 2.18. The van der Waals surface area contributed by atoms with Gasteiger partial charge in [0.25, 0.3) is 5.56 Å². The summed E-state index contributed by atoms with van der Waals surface area (Å²) in [6.07, 6.45) is 3.54. The average Bonchev–Trinajstić information content (AvgIpc) is 2.91. The number of hydrogen-bond acceptors (Lipinski definition) is 6. The van der Waals surface area contributed by atoms with Crippen LogP contribution < -0.4 is 15.8 Å². The fourth-order valence-electron chi connectivity index (χ4n) is 2.07. The molecular formula is C14H21N5OS. The zero-order valence-electron chi connectivity index (χ0n) is 12.7. The normalized spacial score (nSPS) is 10.6. The predicted octanol–water partition coefficient (Wildman–Crippen LogP) is 2.03. The molecule has 2 rings (SSSR count). The minimum Gasteiger partial charge on any atom is -0.371 e. The van der Waals surface area contributed by atoms with Gasteiger partial charge in [-0.2, -0.15) is 5.10 Å². The lowest BCUT2D eigenvalue weighted by Gasteiger charge is -2.20. The predicted molar refractivity (Wildman–Crippen MR) is 87.4 cm³/mol. The number of aromatic nitrogens is 3. The van der Waals surface area contributed by atoms with Crippen LogP contribution in [-0.2, 0) is 6.54 Å². The fraction of sp³-hybridized carbons (Fsp3) is 0.500. The summed E-state index contributed by atoms with van der Waals surface area (Å²) < 4.78 is 1.47. The van der Waals surface area contributed by atoms with Gasteiger partial charge in [-0.1, -0.05) is 0 Å². The fourth-order valence-corrected chi connectivity index (χ4v) is 2.93. The Bertz CT molecular complexity index is 632. The molecule has 0 spiro atoms. The maximum atomic E-state index is 12.2. The molecule has 0 unspecified atom stereocenters. The Balaban J connectivity index is 2.15. The van der Waals surface area contributed by atoms with Gasteiger partial charge < -0.3 is 10.2 Å². The van der Waals surface area contributed by atoms with Crippen molar-refractivity contribution in [3.8, 4) is 0 Å². The molecule has 0 aliphatic carbocycles. The van der Waals surface area contributed by atoms with Crippen molar-refractivity contribution in [2.75, 3.05) is 29.9 Å². The van der Waals surface area contributed by atoms with Gasteiger partial charge in [0.2, 0.25) is 0 Å². The molecule has 0 atom stereocenters. The van der Waals surface area contributed by atoms with Gasteiger partial charge in [-0.15, -0.1) is 11.3 Å². The van der Waals surface area contributed by atoms with E-state index in [0.29, 0.717) is 6.54 Å². The summed E-state index contributed by atoms with van der Waals surface area (Å²) in [6, 6.07) is 1.65. The molecule has 2 aromatic rings. The van der Waals surface area contributed by atoms with E-state index >= 15 is 0 Å². The maximum Gasteiger partial charge on any atom is 0.269 e. The van der Waals surface area contributed by atoms with Crippen LogP contribution in [0, 0.1) is 0 Å². The molecule has 0 saturated heterocycles. The van der Waals surface area contributed by atoms with E-state index in [0.717, 1.165) is 35.3 Å². The van der Waals surface area contributed by atoms with Gasteiger partial charge >= 0.3 is 0 Å². The van der Waals surface area contributed by atoms with E-state index in [9.17, 15) is 4.79 Å². The summed E-state index contributed by atoms with van der Waals surface area (Å²) in [5.74, 6) is 0. The van der Waals surface area contributed by atoms with Crippen LogP contribution in [0.3, 0.4) is 0 Å². The Kier molecular flexibility index (Phi) is 5.32. The highest BCUT2D eigenvalue weighted by atomic mass is 32.1. The Morgan fingerprint density at radius 2 is 2.05 bits per heavy atom. The quantitative estimate of drug-likeness (QED) is 0.848. The molecule has 0 aliphatic rings. The van der Waals surface area contributed by atoms with E-state index in [1.165, 1.54) is 4.68 Å². The third kappa shape index (κ3) is 3.81. The minimum absolute atomic E-state index is 0.0854. The second-order valence-corrected chi connectivity index (χ2v) is 5.66. The summed E-state index contributed by atoms with van der Waals surface area (Å²) in [5, 5.41) is 8.30. The standard InChI is InChI=1S/C14H21N5OS/c1-4-15-14-16-9-12(21-14)10-19-13(20)7-11(8-17-19)18(5-2)6-3/h7-9H,4-6,10H2,1-3H3,(H,15,16). The van der Waals surface area contributed by atoms with Gasteiger partial charge in [0, 0.05) is 36.8 Å². The van der Waals surface area contributed by atoms with E-state index in [2.05, 4.69) is 34.1 Å². The number of anilines is 2. The molecule has 1 N–H and O–H groups in total. The molecule has 2 aromatic heterocycles. The van der Waals surface area contributed by atoms with Crippen LogP contribution in [0.2, 0.25) is 0 Å². The van der Waals surface area contributed by atoms with Crippen molar-refractivity contribution in [3.05, 3.63) is 33.7 Å². The third-order valence-corrected chi connectivity index (χ3v) is 4.11. The van der Waals surface area contributed by atoms with Crippen molar-refractivity contribution in [1.82, 2.24) is 14.8 Å². The lowest BCUT2D eigenvalue weighted by atomic mass is 10.4. The van der Waals surface area contributed by atoms with Crippen molar-refractivity contribution >= 4 is 22.2 Å². The summed E-state index contributed by atoms with van der Waals surface area (Å²) in [4.78, 5) is 19.5. The van der Waals surface area contributed by atoms with Crippen LogP contribution in [0.15, 0.2) is 23.3 Å². The molecule has 0 bridgehead atoms. The van der Waals surface area contributed by atoms with Crippen LogP contribution in [0.5, 0.6) is 0 Å². The monoisotopic (exact) mass is 307 g/mol. The van der Waals surface area contributed by atoms with Gasteiger partial charge in [0.05, 0.1) is 18.4 Å². The van der Waals surface area contributed by atoms with E-state index < -0.39 is 0 Å². The molecule has 0 aliphatic heterocycles. The lowest BCUT2D eigenvalue weighted by Crippen LogP contribution is -2.27. The van der Waals surface area contributed by atoms with E-state index in [-0.39, 0.29) is 5.56 Å². The number of thiazole rings is 1. The van der Waals surface area contributed by atoms with E-state index in [1.807, 2.05) is 6.92 Å². The van der Waals surface area contributed by atoms with Crippen LogP contribution in [0.1, 0.15) is 25.6 Å². The molecule has 0 saturated carbocycles. The molecule has 21 heavy (non-hydrogen) atoms. The second-order valence-electron chi connectivity index (χ2n) is 4.54. The summed E-state index contributed by atoms with van der Waals surface area (Å²) in [7, 11) is 0. The molecule has 0 fully saturated rings. The molecule has 0 aromatic carbocycles. The van der Waals surface area contributed by atoms with Crippen LogP contribution >= 0.6 is 11.3 Å². The van der Waals surface area contributed by atoms with Crippen molar-refractivity contribution in [2.24, 2.45) is 0 Å². The largest absolute Gasteiger partial charge is 0.371 e. The Morgan fingerprint density at radius 3 is 2.67 bits per heavy atom. The second kappa shape index (κ2) is 7.21. The molecule has 114 valence electrons. The zero-order chi connectivity index (χ0) is 15.2. The highest BCUT2D eigenvalue weighted by Gasteiger charge is 2.07. The first kappa shape index (κ1) is 15.5. The first-order valence-corrected chi connectivity index (χ1v) is 8.00. The topological polar surface area (TPSA) is 63.1 Å². The first-order valence-electron chi connectivity index (χ1n) is 7.18. The number of hydrogen-bond donors (Lipinski definition) is 1. The van der Waals surface area contributed by atoms with E-state index in [1.54, 1.807) is 29.8 Å². The van der Waals surface area contributed by atoms with Crippen LogP contribution in [0.4, 0.5) is 10.8 Å². The zero-order valence-corrected chi connectivity index (χ0v) is 13.5. The van der Waals surface area contributed by atoms with Crippen LogP contribution in [0.25, 0.3) is 0 Å². The smallest absolute Gasteiger partial charge is 0.269 e. The molecule has 7 heteroatoms. The summed E-state index contributed by atoms with van der Waals surface area (Å²) >= 11 is 1.55. The van der Waals surface area contributed by atoms with Crippen molar-refractivity contribution < 1.29 is 0 Å². The Hall–Kier alpha value is -1.89. The molecular weight excluding hydrogens is 286 g/mol. The lowest BCUT2D eigenvalue weighted by molar-refractivity contribution is 0.642. The Labute approximate surface area is 128 Å². The number of rotatable bonds is 7. The van der Waals surface area contributed by atoms with Gasteiger partial charge in [-0.3, -0.25) is 4.79 Å². The average molecular weight is 307 g/mol. The van der Waals surface area contributed by atoms with Gasteiger partial charge in [0.1, 0.15) is 0 Å². The molecule has 0 radical (unpaired) electrons. The van der Waals surface area contributed by atoms with E-state index in [4.69, 9.17) is 0 Å². The number of nitrogens with one attached hydrogen (secondary N) is 1. The SMILES string of the molecule is CCNc1ncc(Cn2ncc(N(CC)CC)cc2=O)s1. The molecule has 2 heterocycles. The summed E-state index contributed by atoms with van der Waals surface area (Å²) in [5.41, 5.74) is 0.789. The van der Waals surface area contributed by atoms with Gasteiger partial charge in [0.15, 0.2) is 5.13 Å². The maximum absolute atomic E-state index is 12.2. The first-order chi connectivity index (χ1) is 10.2. The van der Waals surface area contributed by atoms with Crippen molar-refractivity contribution in [3.63, 3.8) is 0 Å². The van der Waals surface area contributed by atoms with Gasteiger partial charge in [-0.05, 0) is 20.8 Å². The van der Waals surface area contributed by atoms with Crippen molar-refractivity contribution in [2.45, 2.75) is 27.3 Å². The number of nitrogens with zero attached hydrogens (tertiary/aromatic N) is 4. The summed E-state index contributed by atoms with van der Waals surface area (Å²) in [6.45, 7) is 9.18. The highest BCUT2D eigenvalue weighted by molar-refractivity contribution is 7.15. The molecule has 0 amide bonds. The van der Waals surface area contributed by atoms with Crippen LogP contribution in [-0.4, -0.2) is 34.4 Å². The Morgan fingerprint density at radius 1 is 1.29 bits per heavy atom. The minimum atomic E-state index is -0.0854. The third-order valence-electron chi connectivity index (χ3n) is 3.17. The molecule has 6 nitrogen and oxygen atoms in total.